The van der Waals surface area contributed by atoms with E-state index < -0.39 is 5.82 Å². The number of isocyanates is 1. The van der Waals surface area contributed by atoms with E-state index in [-0.39, 0.29) is 18.0 Å². The predicted molar refractivity (Wildman–Crippen MR) is 62.8 cm³/mol. The standard InChI is InChI=1S/C13H9FN2O2/c14-12-7-10(16-9-17)4-5-13(12)18-8-11-3-1-2-6-15-11/h1-7H,8H2. The van der Waals surface area contributed by atoms with E-state index in [0.717, 1.165) is 6.07 Å². The minimum absolute atomic E-state index is 0.0884. The van der Waals surface area contributed by atoms with Gasteiger partial charge in [-0.3, -0.25) is 4.98 Å². The average Bonchev–Trinajstić information content (AvgIpc) is 2.39. The third-order valence-corrected chi connectivity index (χ3v) is 2.19. The highest BCUT2D eigenvalue weighted by atomic mass is 19.1. The first-order valence-electron chi connectivity index (χ1n) is 5.20. The Kier molecular flexibility index (Phi) is 3.79. The van der Waals surface area contributed by atoms with Crippen LogP contribution in [0.15, 0.2) is 47.6 Å². The van der Waals surface area contributed by atoms with Crippen molar-refractivity contribution in [3.8, 4) is 5.75 Å². The van der Waals surface area contributed by atoms with Crippen LogP contribution in [0.2, 0.25) is 0 Å². The van der Waals surface area contributed by atoms with Crippen molar-refractivity contribution in [1.29, 1.82) is 0 Å². The van der Waals surface area contributed by atoms with Crippen LogP contribution in [0.25, 0.3) is 0 Å². The van der Waals surface area contributed by atoms with Crippen molar-refractivity contribution in [1.82, 2.24) is 4.98 Å². The fourth-order valence-electron chi connectivity index (χ4n) is 1.36. The summed E-state index contributed by atoms with van der Waals surface area (Å²) in [5.74, 6) is -0.493. The van der Waals surface area contributed by atoms with Gasteiger partial charge in [0.25, 0.3) is 0 Å². The lowest BCUT2D eigenvalue weighted by atomic mass is 10.3. The molecule has 1 aromatic heterocycles. The van der Waals surface area contributed by atoms with E-state index in [2.05, 4.69) is 9.98 Å². The largest absolute Gasteiger partial charge is 0.484 e. The molecule has 0 saturated carbocycles. The number of ether oxygens (including phenoxy) is 1. The minimum Gasteiger partial charge on any atom is -0.484 e. The van der Waals surface area contributed by atoms with Crippen molar-refractivity contribution in [2.45, 2.75) is 6.61 Å². The molecule has 0 amide bonds. The minimum atomic E-state index is -0.581. The molecule has 4 nitrogen and oxygen atoms in total. The van der Waals surface area contributed by atoms with E-state index in [1.165, 1.54) is 18.2 Å². The molecule has 90 valence electrons. The van der Waals surface area contributed by atoms with Gasteiger partial charge >= 0.3 is 0 Å². The summed E-state index contributed by atoms with van der Waals surface area (Å²) < 4.78 is 18.8. The van der Waals surface area contributed by atoms with Crippen LogP contribution >= 0.6 is 0 Å². The Morgan fingerprint density at radius 2 is 2.22 bits per heavy atom. The quantitative estimate of drug-likeness (QED) is 0.613. The normalized spacial score (nSPS) is 9.61. The molecule has 0 aliphatic heterocycles. The maximum absolute atomic E-state index is 13.5. The van der Waals surface area contributed by atoms with Crippen LogP contribution in [0, 0.1) is 5.82 Å². The SMILES string of the molecule is O=C=Nc1ccc(OCc2ccccn2)c(F)c1. The number of benzene rings is 1. The Labute approximate surface area is 103 Å². The van der Waals surface area contributed by atoms with Crippen molar-refractivity contribution < 1.29 is 13.9 Å². The summed E-state index contributed by atoms with van der Waals surface area (Å²) in [7, 11) is 0. The topological polar surface area (TPSA) is 51.5 Å². The zero-order valence-corrected chi connectivity index (χ0v) is 9.34. The van der Waals surface area contributed by atoms with Gasteiger partial charge in [-0.1, -0.05) is 6.07 Å². The second-order valence-corrected chi connectivity index (χ2v) is 3.43. The lowest BCUT2D eigenvalue weighted by Crippen LogP contribution is -1.98. The van der Waals surface area contributed by atoms with Crippen LogP contribution in [0.3, 0.4) is 0 Å². The molecule has 0 saturated heterocycles. The molecule has 0 N–H and O–H groups in total. The highest BCUT2D eigenvalue weighted by Gasteiger charge is 2.05. The Morgan fingerprint density at radius 3 is 2.89 bits per heavy atom. The van der Waals surface area contributed by atoms with E-state index in [1.807, 2.05) is 6.07 Å². The van der Waals surface area contributed by atoms with E-state index in [4.69, 9.17) is 4.74 Å². The number of carbonyl (C=O) groups excluding carboxylic acids is 1. The second-order valence-electron chi connectivity index (χ2n) is 3.43. The number of pyridine rings is 1. The molecule has 5 heteroatoms. The first kappa shape index (κ1) is 12.0. The van der Waals surface area contributed by atoms with Gasteiger partial charge in [-0.25, -0.2) is 9.18 Å². The van der Waals surface area contributed by atoms with Gasteiger partial charge in [0.15, 0.2) is 11.6 Å². The third-order valence-electron chi connectivity index (χ3n) is 2.19. The lowest BCUT2D eigenvalue weighted by Gasteiger charge is -2.06. The van der Waals surface area contributed by atoms with Crippen LogP contribution in [-0.4, -0.2) is 11.1 Å². The molecule has 2 aromatic rings. The fourth-order valence-corrected chi connectivity index (χ4v) is 1.36. The lowest BCUT2D eigenvalue weighted by molar-refractivity contribution is 0.286. The molecule has 2 rings (SSSR count). The number of aromatic nitrogens is 1. The maximum atomic E-state index is 13.5. The molecule has 0 aliphatic rings. The number of nitrogens with zero attached hydrogens (tertiary/aromatic N) is 2. The molecule has 0 aliphatic carbocycles. The highest BCUT2D eigenvalue weighted by molar-refractivity contribution is 5.50. The molecule has 0 unspecified atom stereocenters. The smallest absolute Gasteiger partial charge is 0.240 e. The monoisotopic (exact) mass is 244 g/mol. The fraction of sp³-hybridized carbons (Fsp3) is 0.0769. The number of hydrogen-bond donors (Lipinski definition) is 0. The van der Waals surface area contributed by atoms with Gasteiger partial charge in [0.2, 0.25) is 6.08 Å². The molecular formula is C13H9FN2O2. The van der Waals surface area contributed by atoms with E-state index in [1.54, 1.807) is 18.3 Å². The van der Waals surface area contributed by atoms with E-state index in [0.29, 0.717) is 5.69 Å². The molecule has 18 heavy (non-hydrogen) atoms. The average molecular weight is 244 g/mol. The van der Waals surface area contributed by atoms with Crippen molar-refractivity contribution in [3.05, 3.63) is 54.1 Å². The first-order chi connectivity index (χ1) is 8.79. The van der Waals surface area contributed by atoms with E-state index in [9.17, 15) is 9.18 Å². The molecule has 0 radical (unpaired) electrons. The molecule has 0 fully saturated rings. The highest BCUT2D eigenvalue weighted by Crippen LogP contribution is 2.23. The van der Waals surface area contributed by atoms with Crippen LogP contribution in [0.1, 0.15) is 5.69 Å². The third kappa shape index (κ3) is 2.99. The van der Waals surface area contributed by atoms with Crippen molar-refractivity contribution >= 4 is 11.8 Å². The number of halogens is 1. The van der Waals surface area contributed by atoms with Crippen molar-refractivity contribution in [2.24, 2.45) is 4.99 Å². The van der Waals surface area contributed by atoms with Gasteiger partial charge < -0.3 is 4.74 Å². The van der Waals surface area contributed by atoms with Gasteiger partial charge in [0.05, 0.1) is 11.4 Å². The summed E-state index contributed by atoms with van der Waals surface area (Å²) in [4.78, 5) is 17.4. The summed E-state index contributed by atoms with van der Waals surface area (Å²) in [6, 6.07) is 9.39. The molecular weight excluding hydrogens is 235 g/mol. The first-order valence-corrected chi connectivity index (χ1v) is 5.20. The summed E-state index contributed by atoms with van der Waals surface area (Å²) in [5.41, 5.74) is 0.902. The molecule has 0 atom stereocenters. The Hall–Kier alpha value is -2.52. The zero-order valence-electron chi connectivity index (χ0n) is 9.34. The van der Waals surface area contributed by atoms with Gasteiger partial charge in [-0.15, -0.1) is 0 Å². The molecule has 1 heterocycles. The molecule has 0 spiro atoms. The molecule has 1 aromatic carbocycles. The van der Waals surface area contributed by atoms with Crippen LogP contribution in [-0.2, 0) is 11.4 Å². The van der Waals surface area contributed by atoms with Crippen LogP contribution in [0.5, 0.6) is 5.75 Å². The van der Waals surface area contributed by atoms with Gasteiger partial charge in [-0.05, 0) is 24.3 Å². The number of hydrogen-bond acceptors (Lipinski definition) is 4. The van der Waals surface area contributed by atoms with Crippen molar-refractivity contribution in [3.63, 3.8) is 0 Å². The number of rotatable bonds is 4. The number of aliphatic imine (C=N–C) groups is 1. The van der Waals surface area contributed by atoms with Gasteiger partial charge in [0, 0.05) is 12.3 Å². The Bertz CT molecular complexity index is 581. The van der Waals surface area contributed by atoms with E-state index >= 15 is 0 Å². The van der Waals surface area contributed by atoms with Crippen LogP contribution in [0.4, 0.5) is 10.1 Å². The second kappa shape index (κ2) is 5.70. The summed E-state index contributed by atoms with van der Waals surface area (Å²) in [6.07, 6.45) is 2.98. The van der Waals surface area contributed by atoms with Gasteiger partial charge in [-0.2, -0.15) is 4.99 Å². The molecule has 0 bridgehead atoms. The summed E-state index contributed by atoms with van der Waals surface area (Å²) >= 11 is 0. The summed E-state index contributed by atoms with van der Waals surface area (Å²) in [5, 5.41) is 0. The Balaban J connectivity index is 2.08. The van der Waals surface area contributed by atoms with Crippen molar-refractivity contribution in [2.75, 3.05) is 0 Å². The predicted octanol–water partition coefficient (Wildman–Crippen LogP) is 2.77. The Morgan fingerprint density at radius 1 is 1.33 bits per heavy atom. The summed E-state index contributed by atoms with van der Waals surface area (Å²) in [6.45, 7) is 0.175. The van der Waals surface area contributed by atoms with Gasteiger partial charge in [0.1, 0.15) is 6.61 Å². The zero-order chi connectivity index (χ0) is 12.8. The maximum Gasteiger partial charge on any atom is 0.240 e. The van der Waals surface area contributed by atoms with Crippen LogP contribution < -0.4 is 4.74 Å².